The minimum Gasteiger partial charge on any atom is -0.368 e. The van der Waals surface area contributed by atoms with E-state index in [-0.39, 0.29) is 22.8 Å². The number of carbonyl (C=O) groups excluding carboxylic acids is 2. The molecule has 0 aliphatic rings. The number of hydroxylamine groups is 1. The zero-order chi connectivity index (χ0) is 28.0. The van der Waals surface area contributed by atoms with E-state index < -0.39 is 56.9 Å². The predicted molar refractivity (Wildman–Crippen MR) is 123 cm³/mol. The van der Waals surface area contributed by atoms with E-state index in [1.165, 1.54) is 32.0 Å². The van der Waals surface area contributed by atoms with Gasteiger partial charge in [0.05, 0.1) is 23.1 Å². The first-order valence-corrected chi connectivity index (χ1v) is 11.8. The third kappa shape index (κ3) is 7.68. The Morgan fingerprint density at radius 1 is 1.19 bits per heavy atom. The van der Waals surface area contributed by atoms with Crippen LogP contribution in [0.1, 0.15) is 24.1 Å². The Hall–Kier alpha value is -4.12. The molecule has 1 aromatic carbocycles. The van der Waals surface area contributed by atoms with Crippen LogP contribution in [0.2, 0.25) is 0 Å². The first-order valence-electron chi connectivity index (χ1n) is 10.3. The van der Waals surface area contributed by atoms with Crippen LogP contribution < -0.4 is 31.6 Å². The molecule has 202 valence electrons. The molecule has 0 saturated heterocycles. The average Bonchev–Trinajstić information content (AvgIpc) is 2.80. The first-order chi connectivity index (χ1) is 17.1. The molecule has 2 aromatic rings. The van der Waals surface area contributed by atoms with Gasteiger partial charge in [-0.15, -0.1) is 4.73 Å². The molecule has 0 aliphatic heterocycles. The summed E-state index contributed by atoms with van der Waals surface area (Å²) < 4.78 is 66.0. The molecule has 1 aromatic heterocycles. The SMILES string of the molecule is Cc1ccccc1S(=O)(=O)Nc1ccc(C(C)C(=O)NCCONC(=N)N)n(OC(=O)C(F)(F)F)c1=O. The number of aryl methyl sites for hydroxylation is 1. The lowest BCUT2D eigenvalue weighted by molar-refractivity contribution is -0.200. The lowest BCUT2D eigenvalue weighted by Gasteiger charge is -2.19. The number of hydrogen-bond donors (Lipinski definition) is 5. The predicted octanol–water partition coefficient (Wildman–Crippen LogP) is 0.109. The molecule has 0 radical (unpaired) electrons. The summed E-state index contributed by atoms with van der Waals surface area (Å²) in [4.78, 5) is 45.7. The van der Waals surface area contributed by atoms with Crippen molar-refractivity contribution in [2.24, 2.45) is 5.73 Å². The van der Waals surface area contributed by atoms with Crippen molar-refractivity contribution in [2.75, 3.05) is 17.9 Å². The van der Waals surface area contributed by atoms with Gasteiger partial charge in [-0.25, -0.2) is 18.7 Å². The second-order valence-electron chi connectivity index (χ2n) is 7.40. The molecule has 1 unspecified atom stereocenters. The van der Waals surface area contributed by atoms with Crippen molar-refractivity contribution in [1.29, 1.82) is 5.41 Å². The summed E-state index contributed by atoms with van der Waals surface area (Å²) in [5.74, 6) is -5.42. The Balaban J connectivity index is 2.40. The van der Waals surface area contributed by atoms with Crippen LogP contribution >= 0.6 is 0 Å². The summed E-state index contributed by atoms with van der Waals surface area (Å²) in [5.41, 5.74) is 4.66. The zero-order valence-corrected chi connectivity index (χ0v) is 20.2. The van der Waals surface area contributed by atoms with Gasteiger partial charge in [-0.05, 0) is 37.6 Å². The Kier molecular flexibility index (Phi) is 9.24. The van der Waals surface area contributed by atoms with Crippen molar-refractivity contribution in [1.82, 2.24) is 15.5 Å². The first kappa shape index (κ1) is 29.1. The van der Waals surface area contributed by atoms with Crippen LogP contribution in [0.25, 0.3) is 0 Å². The normalized spacial score (nSPS) is 12.4. The number of aromatic nitrogens is 1. The maximum atomic E-state index is 12.9. The maximum Gasteiger partial charge on any atom is 0.493 e. The number of nitrogens with zero attached hydrogens (tertiary/aromatic N) is 1. The topological polar surface area (TPSA) is 195 Å². The third-order valence-electron chi connectivity index (χ3n) is 4.63. The van der Waals surface area contributed by atoms with Crippen LogP contribution in [-0.4, -0.2) is 50.3 Å². The van der Waals surface area contributed by atoms with E-state index >= 15 is 0 Å². The van der Waals surface area contributed by atoms with Gasteiger partial charge in [0.1, 0.15) is 5.69 Å². The highest BCUT2D eigenvalue weighted by Gasteiger charge is 2.43. The fourth-order valence-corrected chi connectivity index (χ4v) is 4.16. The second kappa shape index (κ2) is 11.7. The number of nitrogens with two attached hydrogens (primary N) is 1. The summed E-state index contributed by atoms with van der Waals surface area (Å²) in [6.07, 6.45) is -5.50. The van der Waals surface area contributed by atoms with E-state index in [0.29, 0.717) is 5.56 Å². The summed E-state index contributed by atoms with van der Waals surface area (Å²) >= 11 is 0. The molecule has 2 rings (SSSR count). The lowest BCUT2D eigenvalue weighted by Crippen LogP contribution is -2.42. The number of halogens is 3. The van der Waals surface area contributed by atoms with Gasteiger partial charge in [-0.1, -0.05) is 18.2 Å². The van der Waals surface area contributed by atoms with Crippen LogP contribution in [-0.2, 0) is 24.4 Å². The van der Waals surface area contributed by atoms with Gasteiger partial charge in [0.2, 0.25) is 11.9 Å². The number of rotatable bonds is 10. The van der Waals surface area contributed by atoms with Gasteiger partial charge in [0.15, 0.2) is 0 Å². The van der Waals surface area contributed by atoms with E-state index in [1.807, 2.05) is 10.2 Å². The molecule has 13 nitrogen and oxygen atoms in total. The van der Waals surface area contributed by atoms with Crippen molar-refractivity contribution < 1.29 is 40.9 Å². The highest BCUT2D eigenvalue weighted by molar-refractivity contribution is 7.92. The van der Waals surface area contributed by atoms with Gasteiger partial charge >= 0.3 is 17.7 Å². The van der Waals surface area contributed by atoms with E-state index in [4.69, 9.17) is 16.0 Å². The van der Waals surface area contributed by atoms with Crippen LogP contribution in [0.3, 0.4) is 0 Å². The van der Waals surface area contributed by atoms with Crippen LogP contribution in [0.15, 0.2) is 46.1 Å². The summed E-state index contributed by atoms with van der Waals surface area (Å²) in [5, 5.41) is 9.29. The van der Waals surface area contributed by atoms with Crippen LogP contribution in [0.5, 0.6) is 0 Å². The number of benzene rings is 1. The molecule has 0 saturated carbocycles. The molecule has 37 heavy (non-hydrogen) atoms. The standard InChI is InChI=1S/C20H23F3N6O7S/c1-11-5-3-4-6-15(11)37(33,34)28-13-7-8-14(29(17(13)31)36-18(32)20(21,22)23)12(2)16(30)26-9-10-35-27-19(24)25/h3-8,12,28H,9-10H2,1-2H3,(H,26,30)(H4,24,25,27). The minimum atomic E-state index is -5.50. The monoisotopic (exact) mass is 548 g/mol. The quantitative estimate of drug-likeness (QED) is 0.118. The molecule has 6 N–H and O–H groups in total. The number of carbonyl (C=O) groups is 2. The Bertz CT molecular complexity index is 1340. The fourth-order valence-electron chi connectivity index (χ4n) is 2.86. The number of anilines is 1. The van der Waals surface area contributed by atoms with Crippen LogP contribution in [0.4, 0.5) is 18.9 Å². The maximum absolute atomic E-state index is 12.9. The van der Waals surface area contributed by atoms with Gasteiger partial charge in [0.25, 0.3) is 10.0 Å². The van der Waals surface area contributed by atoms with E-state index in [2.05, 4.69) is 10.2 Å². The van der Waals surface area contributed by atoms with Gasteiger partial charge in [0, 0.05) is 6.54 Å². The van der Waals surface area contributed by atoms with Gasteiger partial charge < -0.3 is 15.9 Å². The number of nitrogens with one attached hydrogen (secondary N) is 4. The average molecular weight is 549 g/mol. The zero-order valence-electron chi connectivity index (χ0n) is 19.4. The number of guanidine groups is 1. The molecular formula is C20H23F3N6O7S. The van der Waals surface area contributed by atoms with Crippen molar-refractivity contribution in [3.8, 4) is 0 Å². The highest BCUT2D eigenvalue weighted by Crippen LogP contribution is 2.21. The van der Waals surface area contributed by atoms with Crippen molar-refractivity contribution in [3.05, 3.63) is 58.0 Å². The number of amides is 1. The molecule has 0 aliphatic carbocycles. The van der Waals surface area contributed by atoms with Crippen molar-refractivity contribution in [2.45, 2.75) is 30.8 Å². The largest absolute Gasteiger partial charge is 0.493 e. The molecule has 1 heterocycles. The molecular weight excluding hydrogens is 525 g/mol. The smallest absolute Gasteiger partial charge is 0.368 e. The molecule has 1 amide bonds. The lowest BCUT2D eigenvalue weighted by atomic mass is 10.1. The molecule has 17 heteroatoms. The van der Waals surface area contributed by atoms with Gasteiger partial charge in [-0.3, -0.25) is 24.6 Å². The third-order valence-corrected chi connectivity index (χ3v) is 6.15. The molecule has 1 atom stereocenters. The minimum absolute atomic E-state index is 0.0937. The van der Waals surface area contributed by atoms with Crippen molar-refractivity contribution >= 4 is 33.5 Å². The van der Waals surface area contributed by atoms with Crippen molar-refractivity contribution in [3.63, 3.8) is 0 Å². The van der Waals surface area contributed by atoms with Gasteiger partial charge in [-0.2, -0.15) is 13.2 Å². The van der Waals surface area contributed by atoms with E-state index in [1.54, 1.807) is 6.07 Å². The van der Waals surface area contributed by atoms with E-state index in [9.17, 15) is 36.0 Å². The fraction of sp³-hybridized carbons (Fsp3) is 0.300. The Morgan fingerprint density at radius 3 is 2.43 bits per heavy atom. The molecule has 0 fully saturated rings. The summed E-state index contributed by atoms with van der Waals surface area (Å²) in [6, 6.07) is 7.62. The summed E-state index contributed by atoms with van der Waals surface area (Å²) in [6.45, 7) is 2.40. The highest BCUT2D eigenvalue weighted by atomic mass is 32.2. The second-order valence-corrected chi connectivity index (χ2v) is 9.05. The molecule has 0 bridgehead atoms. The summed E-state index contributed by atoms with van der Waals surface area (Å²) in [7, 11) is -4.36. The number of pyridine rings is 1. The molecule has 0 spiro atoms. The van der Waals surface area contributed by atoms with Crippen LogP contribution in [0, 0.1) is 12.3 Å². The van der Waals surface area contributed by atoms with E-state index in [0.717, 1.165) is 12.1 Å². The number of alkyl halides is 3. The Labute approximate surface area is 208 Å². The Morgan fingerprint density at radius 2 is 1.84 bits per heavy atom. The number of hydrogen-bond acceptors (Lipinski definition) is 8. The number of sulfonamides is 1.